The Hall–Kier alpha value is -3.93. The number of hydrogen-bond donors (Lipinski definition) is 5. The minimum Gasteiger partial charge on any atom is -0.497 e. The molecule has 0 aliphatic carbocycles. The molecule has 1 aliphatic rings. The Morgan fingerprint density at radius 2 is 1.82 bits per heavy atom. The van der Waals surface area contributed by atoms with Crippen LogP contribution >= 0.6 is 11.8 Å². The van der Waals surface area contributed by atoms with E-state index in [0.717, 1.165) is 38.9 Å². The summed E-state index contributed by atoms with van der Waals surface area (Å²) in [6.07, 6.45) is 0. The summed E-state index contributed by atoms with van der Waals surface area (Å²) in [6, 6.07) is 20.6. The van der Waals surface area contributed by atoms with E-state index < -0.39 is 7.12 Å². The van der Waals surface area contributed by atoms with Crippen LogP contribution in [0.3, 0.4) is 0 Å². The lowest BCUT2D eigenvalue weighted by molar-refractivity contribution is -0.118. The fourth-order valence-electron chi connectivity index (χ4n) is 3.92. The number of methoxy groups -OCH3 is 1. The standard InChI is InChI=1S/C24H23BN4O3S.C4H9NO/c1-15(26)29-22-11-8-18(32-2)13-21(22)24(28-14-23(29)27)16-6-9-19(10-7-16)33-20-5-3-4-17(12-20)25(30)31;1-3-5-4(2)6/h3-13,26-27,30-31H,14H2,1-2H3;3H2,1-2H3,(H,5,6). The molecule has 3 aromatic carbocycles. The van der Waals surface area contributed by atoms with Gasteiger partial charge in [0.2, 0.25) is 5.91 Å². The molecule has 9 nitrogen and oxygen atoms in total. The monoisotopic (exact) mass is 545 g/mol. The van der Waals surface area contributed by atoms with Crippen molar-refractivity contribution in [3.63, 3.8) is 0 Å². The Morgan fingerprint density at radius 3 is 2.38 bits per heavy atom. The molecule has 4 rings (SSSR count). The summed E-state index contributed by atoms with van der Waals surface area (Å²) >= 11 is 1.52. The molecular weight excluding hydrogens is 513 g/mol. The first-order chi connectivity index (χ1) is 18.6. The smallest absolute Gasteiger partial charge is 0.488 e. The largest absolute Gasteiger partial charge is 0.497 e. The van der Waals surface area contributed by atoms with Crippen LogP contribution in [0.4, 0.5) is 5.69 Å². The molecule has 0 fully saturated rings. The van der Waals surface area contributed by atoms with Gasteiger partial charge in [-0.05, 0) is 61.8 Å². The van der Waals surface area contributed by atoms with E-state index in [1.807, 2.05) is 55.5 Å². The topological polar surface area (TPSA) is 142 Å². The van der Waals surface area contributed by atoms with Crippen LogP contribution in [-0.4, -0.2) is 60.7 Å². The summed E-state index contributed by atoms with van der Waals surface area (Å²) in [5, 5.41) is 37.9. The first-order valence-electron chi connectivity index (χ1n) is 12.3. The van der Waals surface area contributed by atoms with E-state index in [-0.39, 0.29) is 24.1 Å². The van der Waals surface area contributed by atoms with E-state index in [2.05, 4.69) is 5.32 Å². The molecule has 5 N–H and O–H groups in total. The lowest BCUT2D eigenvalue weighted by atomic mass is 9.80. The third-order valence-electron chi connectivity index (χ3n) is 5.64. The van der Waals surface area contributed by atoms with Gasteiger partial charge >= 0.3 is 7.12 Å². The third-order valence-corrected chi connectivity index (χ3v) is 6.63. The molecule has 0 saturated heterocycles. The van der Waals surface area contributed by atoms with Crippen molar-refractivity contribution < 1.29 is 19.6 Å². The highest BCUT2D eigenvalue weighted by Crippen LogP contribution is 2.32. The molecule has 0 atom stereocenters. The summed E-state index contributed by atoms with van der Waals surface area (Å²) in [5.41, 5.74) is 3.60. The highest BCUT2D eigenvalue weighted by atomic mass is 32.2. The normalized spacial score (nSPS) is 12.3. The molecule has 0 aromatic heterocycles. The van der Waals surface area contributed by atoms with Gasteiger partial charge in [-0.25, -0.2) is 0 Å². The van der Waals surface area contributed by atoms with Crippen molar-refractivity contribution in [3.8, 4) is 5.75 Å². The number of benzene rings is 3. The van der Waals surface area contributed by atoms with Crippen LogP contribution in [0.25, 0.3) is 0 Å². The van der Waals surface area contributed by atoms with Gasteiger partial charge in [0.05, 0.1) is 25.1 Å². The number of nitrogens with zero attached hydrogens (tertiary/aromatic N) is 2. The van der Waals surface area contributed by atoms with Gasteiger partial charge in [-0.3, -0.25) is 25.5 Å². The molecule has 3 aromatic rings. The number of fused-ring (bicyclic) bond motifs is 1. The average molecular weight is 545 g/mol. The highest BCUT2D eigenvalue weighted by Gasteiger charge is 2.25. The van der Waals surface area contributed by atoms with Gasteiger partial charge in [-0.2, -0.15) is 0 Å². The maximum Gasteiger partial charge on any atom is 0.488 e. The van der Waals surface area contributed by atoms with Crippen molar-refractivity contribution >= 4 is 53.3 Å². The van der Waals surface area contributed by atoms with Crippen LogP contribution in [0.15, 0.2) is 81.5 Å². The van der Waals surface area contributed by atoms with Crippen molar-refractivity contribution in [1.82, 2.24) is 5.32 Å². The molecule has 202 valence electrons. The number of hydrogen-bond acceptors (Lipinski definition) is 8. The van der Waals surface area contributed by atoms with Gasteiger partial charge in [0.15, 0.2) is 0 Å². The summed E-state index contributed by atoms with van der Waals surface area (Å²) in [5.74, 6) is 1.21. The van der Waals surface area contributed by atoms with E-state index in [1.165, 1.54) is 18.7 Å². The van der Waals surface area contributed by atoms with E-state index in [9.17, 15) is 14.8 Å². The Labute approximate surface area is 233 Å². The minimum atomic E-state index is -1.50. The number of rotatable bonds is 6. The van der Waals surface area contributed by atoms with Gasteiger partial charge in [0.1, 0.15) is 17.4 Å². The molecule has 0 radical (unpaired) electrons. The first kappa shape index (κ1) is 29.6. The summed E-state index contributed by atoms with van der Waals surface area (Å²) < 4.78 is 5.42. The predicted molar refractivity (Wildman–Crippen MR) is 158 cm³/mol. The Balaban J connectivity index is 0.000000631. The zero-order valence-electron chi connectivity index (χ0n) is 22.4. The number of carbonyl (C=O) groups is 1. The summed E-state index contributed by atoms with van der Waals surface area (Å²) in [4.78, 5) is 18.1. The molecule has 1 aliphatic heterocycles. The first-order valence-corrected chi connectivity index (χ1v) is 13.1. The second-order valence-corrected chi connectivity index (χ2v) is 9.72. The van der Waals surface area contributed by atoms with Crippen molar-refractivity contribution in [1.29, 1.82) is 10.8 Å². The van der Waals surface area contributed by atoms with Gasteiger partial charge < -0.3 is 20.1 Å². The minimum absolute atomic E-state index is 0.0394. The number of carbonyl (C=O) groups excluding carboxylic acids is 1. The number of anilines is 1. The molecule has 0 spiro atoms. The number of amidine groups is 2. The number of amides is 1. The Bertz CT molecular complexity index is 1380. The Morgan fingerprint density at radius 1 is 1.10 bits per heavy atom. The van der Waals surface area contributed by atoms with Crippen LogP contribution in [0.1, 0.15) is 31.9 Å². The van der Waals surface area contributed by atoms with Gasteiger partial charge in [-0.15, -0.1) is 0 Å². The molecule has 11 heteroatoms. The Kier molecular flexibility index (Phi) is 10.4. The van der Waals surface area contributed by atoms with Crippen molar-refractivity contribution in [2.24, 2.45) is 4.99 Å². The van der Waals surface area contributed by atoms with Crippen molar-refractivity contribution in [2.75, 3.05) is 25.1 Å². The number of nitrogens with one attached hydrogen (secondary N) is 3. The fourth-order valence-corrected chi connectivity index (χ4v) is 4.80. The van der Waals surface area contributed by atoms with Gasteiger partial charge in [0, 0.05) is 34.4 Å². The summed E-state index contributed by atoms with van der Waals surface area (Å²) in [7, 11) is 0.106. The zero-order valence-corrected chi connectivity index (χ0v) is 23.2. The van der Waals surface area contributed by atoms with Crippen molar-refractivity contribution in [3.05, 3.63) is 77.9 Å². The molecular formula is C28H32BN5O4S. The number of aliphatic imine (C=N–C) groups is 1. The van der Waals surface area contributed by atoms with E-state index >= 15 is 0 Å². The average Bonchev–Trinajstić information content (AvgIpc) is 3.05. The maximum atomic E-state index is 9.93. The van der Waals surface area contributed by atoms with Crippen LogP contribution in [0.5, 0.6) is 5.75 Å². The maximum absolute atomic E-state index is 9.93. The molecule has 1 amide bonds. The van der Waals surface area contributed by atoms with E-state index in [0.29, 0.717) is 11.2 Å². The zero-order chi connectivity index (χ0) is 28.5. The third kappa shape index (κ3) is 7.79. The number of benzodiazepines with no additional fused rings is 1. The lowest BCUT2D eigenvalue weighted by Crippen LogP contribution is -2.35. The molecule has 39 heavy (non-hydrogen) atoms. The predicted octanol–water partition coefficient (Wildman–Crippen LogP) is 3.30. The molecule has 0 saturated carbocycles. The number of ether oxygens (including phenoxy) is 1. The van der Waals surface area contributed by atoms with Crippen LogP contribution < -0.4 is 20.4 Å². The van der Waals surface area contributed by atoms with Crippen LogP contribution in [0, 0.1) is 10.8 Å². The van der Waals surface area contributed by atoms with Gasteiger partial charge in [0.25, 0.3) is 0 Å². The SMILES string of the molecule is CCNC(C)=O.COc1ccc2c(c1)C(c1ccc(Sc3cccc(B(O)O)c3)cc1)=NCC(=N)N2C(C)=N. The van der Waals surface area contributed by atoms with Gasteiger partial charge in [-0.1, -0.05) is 36.0 Å². The van der Waals surface area contributed by atoms with E-state index in [4.69, 9.17) is 20.5 Å². The molecule has 0 unspecified atom stereocenters. The van der Waals surface area contributed by atoms with E-state index in [1.54, 1.807) is 37.1 Å². The van der Waals surface area contributed by atoms with Crippen molar-refractivity contribution in [2.45, 2.75) is 30.6 Å². The molecule has 1 heterocycles. The molecule has 0 bridgehead atoms. The second kappa shape index (κ2) is 13.7. The van der Waals surface area contributed by atoms with Crippen LogP contribution in [-0.2, 0) is 4.79 Å². The summed E-state index contributed by atoms with van der Waals surface area (Å²) in [6.45, 7) is 5.94. The van der Waals surface area contributed by atoms with Crippen LogP contribution in [0.2, 0.25) is 0 Å². The quantitative estimate of drug-likeness (QED) is 0.183. The fraction of sp³-hybridized carbons (Fsp3) is 0.214. The second-order valence-electron chi connectivity index (χ2n) is 8.57. The highest BCUT2D eigenvalue weighted by molar-refractivity contribution is 7.99. The lowest BCUT2D eigenvalue weighted by Gasteiger charge is -2.24.